The summed E-state index contributed by atoms with van der Waals surface area (Å²) in [5.41, 5.74) is 0.184. The minimum atomic E-state index is -0.178. The third-order valence-electron chi connectivity index (χ3n) is 6.01. The van der Waals surface area contributed by atoms with E-state index in [0.29, 0.717) is 17.2 Å². The number of carbonyl (C=O) groups is 1. The number of hydrogen-bond donors (Lipinski definition) is 1. The van der Waals surface area contributed by atoms with Crippen LogP contribution in [0.1, 0.15) is 65.7 Å². The Morgan fingerprint density at radius 1 is 1.25 bits per heavy atom. The topological polar surface area (TPSA) is 29.1 Å². The van der Waals surface area contributed by atoms with Crippen LogP contribution in [0.3, 0.4) is 0 Å². The largest absolute Gasteiger partial charge is 0.351 e. The van der Waals surface area contributed by atoms with Crippen LogP contribution in [-0.4, -0.2) is 17.3 Å². The highest BCUT2D eigenvalue weighted by Gasteiger charge is 2.59. The fraction of sp³-hybridized carbons (Fsp3) is 0.941. The first-order chi connectivity index (χ1) is 9.26. The first kappa shape index (κ1) is 14.7. The SMILES string of the molecule is CC12CC3CC(C1)CC(C(=O)NC(C)(C)CCCl)(C3)C2. The molecule has 0 aromatic carbocycles. The second-order valence-electron chi connectivity index (χ2n) is 8.83. The zero-order chi connectivity index (χ0) is 14.6. The first-order valence-corrected chi connectivity index (χ1v) is 8.68. The molecule has 1 amide bonds. The van der Waals surface area contributed by atoms with Gasteiger partial charge in [-0.1, -0.05) is 6.92 Å². The van der Waals surface area contributed by atoms with Crippen LogP contribution in [0, 0.1) is 22.7 Å². The van der Waals surface area contributed by atoms with Gasteiger partial charge in [0.1, 0.15) is 0 Å². The van der Waals surface area contributed by atoms with Gasteiger partial charge in [0.05, 0.1) is 5.41 Å². The zero-order valence-electron chi connectivity index (χ0n) is 13.1. The van der Waals surface area contributed by atoms with Crippen molar-refractivity contribution < 1.29 is 4.79 Å². The monoisotopic (exact) mass is 297 g/mol. The summed E-state index contributed by atoms with van der Waals surface area (Å²) >= 11 is 5.86. The van der Waals surface area contributed by atoms with E-state index < -0.39 is 0 Å². The standard InChI is InChI=1S/C17H28ClNO/c1-15(2,4-5-18)19-14(20)17-9-12-6-13(10-17)8-16(3,7-12)11-17/h12-13H,4-11H2,1-3H3,(H,19,20). The highest BCUT2D eigenvalue weighted by Crippen LogP contribution is 2.65. The van der Waals surface area contributed by atoms with Gasteiger partial charge >= 0.3 is 0 Å². The number of amides is 1. The average Bonchev–Trinajstić information content (AvgIpc) is 2.24. The van der Waals surface area contributed by atoms with Crippen molar-refractivity contribution in [1.29, 1.82) is 0 Å². The van der Waals surface area contributed by atoms with Crippen LogP contribution in [0.4, 0.5) is 0 Å². The molecule has 4 saturated carbocycles. The fourth-order valence-corrected chi connectivity index (χ4v) is 6.20. The molecule has 4 fully saturated rings. The van der Waals surface area contributed by atoms with E-state index in [-0.39, 0.29) is 11.0 Å². The minimum absolute atomic E-state index is 0.0670. The lowest BCUT2D eigenvalue weighted by Gasteiger charge is -2.60. The molecule has 0 heterocycles. The summed E-state index contributed by atoms with van der Waals surface area (Å²) in [5, 5.41) is 3.31. The molecule has 4 rings (SSSR count). The van der Waals surface area contributed by atoms with E-state index in [1.807, 2.05) is 0 Å². The van der Waals surface area contributed by atoms with Crippen molar-refractivity contribution in [2.45, 2.75) is 71.3 Å². The molecule has 2 atom stereocenters. The molecule has 2 nitrogen and oxygen atoms in total. The highest BCUT2D eigenvalue weighted by molar-refractivity contribution is 6.17. The second-order valence-corrected chi connectivity index (χ2v) is 9.21. The first-order valence-electron chi connectivity index (χ1n) is 8.15. The lowest BCUT2D eigenvalue weighted by Crippen LogP contribution is -2.59. The lowest BCUT2D eigenvalue weighted by molar-refractivity contribution is -0.157. The van der Waals surface area contributed by atoms with Gasteiger partial charge in [-0.15, -0.1) is 11.6 Å². The molecule has 114 valence electrons. The molecule has 4 aliphatic rings. The zero-order valence-corrected chi connectivity index (χ0v) is 13.9. The number of carbonyl (C=O) groups excluding carboxylic acids is 1. The highest BCUT2D eigenvalue weighted by atomic mass is 35.5. The maximum atomic E-state index is 13.0. The predicted molar refractivity (Wildman–Crippen MR) is 82.8 cm³/mol. The van der Waals surface area contributed by atoms with Gasteiger partial charge in [0.15, 0.2) is 0 Å². The molecule has 1 N–H and O–H groups in total. The van der Waals surface area contributed by atoms with Crippen molar-refractivity contribution in [3.63, 3.8) is 0 Å². The number of hydrogen-bond acceptors (Lipinski definition) is 1. The predicted octanol–water partition coefficient (Wildman–Crippen LogP) is 4.12. The van der Waals surface area contributed by atoms with Crippen LogP contribution in [0.15, 0.2) is 0 Å². The maximum absolute atomic E-state index is 13.0. The Balaban J connectivity index is 1.77. The Kier molecular flexibility index (Phi) is 3.40. The molecule has 0 aromatic rings. The number of alkyl halides is 1. The molecular weight excluding hydrogens is 270 g/mol. The Morgan fingerprint density at radius 2 is 1.85 bits per heavy atom. The second kappa shape index (κ2) is 4.63. The summed E-state index contributed by atoms with van der Waals surface area (Å²) in [6, 6.07) is 0. The number of rotatable bonds is 4. The van der Waals surface area contributed by atoms with Crippen molar-refractivity contribution in [3.05, 3.63) is 0 Å². The van der Waals surface area contributed by atoms with E-state index >= 15 is 0 Å². The molecule has 20 heavy (non-hydrogen) atoms. The van der Waals surface area contributed by atoms with Crippen LogP contribution in [0.5, 0.6) is 0 Å². The van der Waals surface area contributed by atoms with Crippen LogP contribution in [-0.2, 0) is 4.79 Å². The van der Waals surface area contributed by atoms with Crippen molar-refractivity contribution >= 4 is 17.5 Å². The van der Waals surface area contributed by atoms with E-state index in [9.17, 15) is 4.79 Å². The fourth-order valence-electron chi connectivity index (χ4n) is 5.72. The normalized spacial score (nSPS) is 42.8. The Morgan fingerprint density at radius 3 is 2.35 bits per heavy atom. The van der Waals surface area contributed by atoms with Crippen molar-refractivity contribution in [2.75, 3.05) is 5.88 Å². The third kappa shape index (κ3) is 2.49. The van der Waals surface area contributed by atoms with Gasteiger partial charge in [0, 0.05) is 11.4 Å². The van der Waals surface area contributed by atoms with Crippen molar-refractivity contribution in [1.82, 2.24) is 5.32 Å². The van der Waals surface area contributed by atoms with Crippen molar-refractivity contribution in [2.24, 2.45) is 22.7 Å². The Bertz CT molecular complexity index is 403. The summed E-state index contributed by atoms with van der Waals surface area (Å²) in [4.78, 5) is 13.0. The molecule has 0 aromatic heterocycles. The van der Waals surface area contributed by atoms with Crippen LogP contribution in [0.25, 0.3) is 0 Å². The Hall–Kier alpha value is -0.240. The van der Waals surface area contributed by atoms with Gasteiger partial charge in [0.25, 0.3) is 0 Å². The van der Waals surface area contributed by atoms with Gasteiger partial charge in [-0.2, -0.15) is 0 Å². The van der Waals surface area contributed by atoms with Crippen molar-refractivity contribution in [3.8, 4) is 0 Å². The minimum Gasteiger partial charge on any atom is -0.351 e. The summed E-state index contributed by atoms with van der Waals surface area (Å²) in [5.74, 6) is 2.50. The van der Waals surface area contributed by atoms with Gasteiger partial charge in [0.2, 0.25) is 5.91 Å². The van der Waals surface area contributed by atoms with Crippen LogP contribution in [0.2, 0.25) is 0 Å². The smallest absolute Gasteiger partial charge is 0.226 e. The van der Waals surface area contributed by atoms with Crippen LogP contribution < -0.4 is 5.32 Å². The van der Waals surface area contributed by atoms with Gasteiger partial charge in [-0.3, -0.25) is 4.79 Å². The van der Waals surface area contributed by atoms with E-state index in [2.05, 4.69) is 26.1 Å². The molecule has 0 aliphatic heterocycles. The lowest BCUT2D eigenvalue weighted by atomic mass is 9.44. The van der Waals surface area contributed by atoms with Gasteiger partial charge in [-0.25, -0.2) is 0 Å². The van der Waals surface area contributed by atoms with E-state index in [4.69, 9.17) is 11.6 Å². The molecule has 3 heteroatoms. The number of halogens is 1. The third-order valence-corrected chi connectivity index (χ3v) is 6.20. The van der Waals surface area contributed by atoms with E-state index in [1.54, 1.807) is 0 Å². The molecule has 4 bridgehead atoms. The Labute approximate surface area is 128 Å². The molecule has 4 aliphatic carbocycles. The summed E-state index contributed by atoms with van der Waals surface area (Å²) < 4.78 is 0. The van der Waals surface area contributed by atoms with Crippen LogP contribution >= 0.6 is 11.6 Å². The van der Waals surface area contributed by atoms with E-state index in [0.717, 1.165) is 37.5 Å². The van der Waals surface area contributed by atoms with Gasteiger partial charge in [-0.05, 0) is 76.0 Å². The molecule has 0 radical (unpaired) electrons. The molecular formula is C17H28ClNO. The molecule has 0 saturated heterocycles. The molecule has 2 unspecified atom stereocenters. The summed E-state index contributed by atoms with van der Waals surface area (Å²) in [7, 11) is 0. The quantitative estimate of drug-likeness (QED) is 0.777. The van der Waals surface area contributed by atoms with Gasteiger partial charge < -0.3 is 5.32 Å². The number of nitrogens with one attached hydrogen (secondary N) is 1. The average molecular weight is 298 g/mol. The van der Waals surface area contributed by atoms with E-state index in [1.165, 1.54) is 19.3 Å². The molecule has 0 spiro atoms. The summed E-state index contributed by atoms with van der Waals surface area (Å²) in [6.45, 7) is 6.60. The summed E-state index contributed by atoms with van der Waals surface area (Å²) in [6.07, 6.45) is 8.27. The maximum Gasteiger partial charge on any atom is 0.226 e.